The van der Waals surface area contributed by atoms with E-state index >= 15 is 0 Å². The molecule has 2 aromatic carbocycles. The lowest BCUT2D eigenvalue weighted by Gasteiger charge is -2.11. The first kappa shape index (κ1) is 18.5. The minimum atomic E-state index is -4.85. The second-order valence-electron chi connectivity index (χ2n) is 5.28. The van der Waals surface area contributed by atoms with Gasteiger partial charge < -0.3 is 5.11 Å². The number of para-hydroxylation sites is 1. The predicted octanol–water partition coefficient (Wildman–Crippen LogP) is 5.16. The molecule has 0 atom stereocenters. The summed E-state index contributed by atoms with van der Waals surface area (Å²) in [6, 6.07) is 10.4. The normalized spacial score (nSPS) is 16.3. The second kappa shape index (κ2) is 6.77. The van der Waals surface area contributed by atoms with Crippen LogP contribution in [-0.4, -0.2) is 22.9 Å². The average Bonchev–Trinajstić information content (AvgIpc) is 2.90. The van der Waals surface area contributed by atoms with Crippen molar-refractivity contribution in [2.75, 3.05) is 5.01 Å². The summed E-state index contributed by atoms with van der Waals surface area (Å²) < 4.78 is 40.3. The van der Waals surface area contributed by atoms with Gasteiger partial charge in [-0.1, -0.05) is 29.8 Å². The molecule has 1 aliphatic rings. The van der Waals surface area contributed by atoms with E-state index < -0.39 is 23.4 Å². The SMILES string of the molecule is O=C1/C(=C\c2cc(Cl)cc(Br)c2O)C(C(F)(F)F)=NN1c1ccccc1. The molecule has 0 spiro atoms. The summed E-state index contributed by atoms with van der Waals surface area (Å²) in [6.07, 6.45) is -3.93. The number of benzene rings is 2. The largest absolute Gasteiger partial charge is 0.506 e. The monoisotopic (exact) mass is 444 g/mol. The Morgan fingerprint density at radius 1 is 1.19 bits per heavy atom. The van der Waals surface area contributed by atoms with Gasteiger partial charge in [0.1, 0.15) is 5.75 Å². The zero-order valence-electron chi connectivity index (χ0n) is 12.8. The van der Waals surface area contributed by atoms with Crippen LogP contribution >= 0.6 is 27.5 Å². The minimum absolute atomic E-state index is 0.0420. The Bertz CT molecular complexity index is 943. The maximum atomic E-state index is 13.4. The summed E-state index contributed by atoms with van der Waals surface area (Å²) in [7, 11) is 0. The van der Waals surface area contributed by atoms with Gasteiger partial charge in [-0.05, 0) is 46.3 Å². The number of alkyl halides is 3. The molecule has 4 nitrogen and oxygen atoms in total. The van der Waals surface area contributed by atoms with Crippen molar-refractivity contribution in [3.8, 4) is 5.75 Å². The molecular weight excluding hydrogens is 437 g/mol. The zero-order valence-corrected chi connectivity index (χ0v) is 15.1. The standard InChI is InChI=1S/C17H9BrClF3N2O2/c18-13-8-10(19)6-9(14(13)25)7-12-15(17(20,21)22)23-24(16(12)26)11-4-2-1-3-5-11/h1-8,25H/b12-7-. The number of phenolic OH excluding ortho intramolecular Hbond substituents is 1. The van der Waals surface area contributed by atoms with Gasteiger partial charge in [-0.25, -0.2) is 0 Å². The number of aromatic hydroxyl groups is 1. The van der Waals surface area contributed by atoms with Gasteiger partial charge >= 0.3 is 6.18 Å². The molecule has 134 valence electrons. The van der Waals surface area contributed by atoms with Crippen LogP contribution in [0.15, 0.2) is 57.6 Å². The number of phenols is 1. The van der Waals surface area contributed by atoms with Crippen molar-refractivity contribution in [1.29, 1.82) is 0 Å². The summed E-state index contributed by atoms with van der Waals surface area (Å²) in [4.78, 5) is 12.6. The molecule has 1 N–H and O–H groups in total. The number of hydrogen-bond donors (Lipinski definition) is 1. The maximum Gasteiger partial charge on any atom is 0.435 e. The molecule has 0 saturated carbocycles. The van der Waals surface area contributed by atoms with Crippen LogP contribution < -0.4 is 5.01 Å². The third-order valence-corrected chi connectivity index (χ3v) is 4.33. The molecule has 1 amide bonds. The smallest absolute Gasteiger partial charge is 0.435 e. The van der Waals surface area contributed by atoms with Crippen molar-refractivity contribution in [3.63, 3.8) is 0 Å². The molecule has 0 fully saturated rings. The molecule has 0 aromatic heterocycles. The number of anilines is 1. The zero-order chi connectivity index (χ0) is 19.1. The Morgan fingerprint density at radius 2 is 1.85 bits per heavy atom. The van der Waals surface area contributed by atoms with Crippen molar-refractivity contribution in [3.05, 3.63) is 63.1 Å². The first-order chi connectivity index (χ1) is 12.2. The molecule has 26 heavy (non-hydrogen) atoms. The molecule has 0 aliphatic carbocycles. The number of halogens is 5. The minimum Gasteiger partial charge on any atom is -0.506 e. The lowest BCUT2D eigenvalue weighted by Crippen LogP contribution is -2.25. The van der Waals surface area contributed by atoms with Crippen LogP contribution in [0.3, 0.4) is 0 Å². The van der Waals surface area contributed by atoms with E-state index in [-0.39, 0.29) is 26.5 Å². The van der Waals surface area contributed by atoms with Gasteiger partial charge in [0, 0.05) is 10.6 Å². The van der Waals surface area contributed by atoms with Crippen LogP contribution in [0.25, 0.3) is 6.08 Å². The van der Waals surface area contributed by atoms with Crippen molar-refractivity contribution < 1.29 is 23.1 Å². The summed E-state index contributed by atoms with van der Waals surface area (Å²) in [5.74, 6) is -1.30. The fraction of sp³-hybridized carbons (Fsp3) is 0.0588. The van der Waals surface area contributed by atoms with Gasteiger partial charge in [0.25, 0.3) is 5.91 Å². The first-order valence-electron chi connectivity index (χ1n) is 7.14. The first-order valence-corrected chi connectivity index (χ1v) is 8.31. The van der Waals surface area contributed by atoms with E-state index in [1.165, 1.54) is 24.3 Å². The van der Waals surface area contributed by atoms with E-state index in [4.69, 9.17) is 11.6 Å². The Kier molecular flexibility index (Phi) is 4.81. The molecule has 0 bridgehead atoms. The number of rotatable bonds is 2. The molecular formula is C17H9BrClF3N2O2. The van der Waals surface area contributed by atoms with Crippen molar-refractivity contribution in [2.45, 2.75) is 6.18 Å². The van der Waals surface area contributed by atoms with Crippen LogP contribution in [0.5, 0.6) is 5.75 Å². The van der Waals surface area contributed by atoms with Crippen LogP contribution in [0.1, 0.15) is 5.56 Å². The molecule has 0 radical (unpaired) electrons. The third kappa shape index (κ3) is 3.47. The number of hydrogen-bond acceptors (Lipinski definition) is 3. The number of hydrazone groups is 1. The Hall–Kier alpha value is -2.32. The van der Waals surface area contributed by atoms with Gasteiger partial charge in [0.2, 0.25) is 0 Å². The third-order valence-electron chi connectivity index (χ3n) is 3.50. The van der Waals surface area contributed by atoms with Gasteiger partial charge in [-0.15, -0.1) is 0 Å². The Balaban J connectivity index is 2.14. The summed E-state index contributed by atoms with van der Waals surface area (Å²) >= 11 is 8.93. The average molecular weight is 446 g/mol. The van der Waals surface area contributed by atoms with Gasteiger partial charge in [-0.3, -0.25) is 4.79 Å². The fourth-order valence-corrected chi connectivity index (χ4v) is 3.18. The molecule has 0 unspecified atom stereocenters. The number of carbonyl (C=O) groups is 1. The van der Waals surface area contributed by atoms with E-state index in [1.807, 2.05) is 0 Å². The summed E-state index contributed by atoms with van der Waals surface area (Å²) in [6.45, 7) is 0. The van der Waals surface area contributed by atoms with Gasteiger partial charge in [-0.2, -0.15) is 23.3 Å². The van der Waals surface area contributed by atoms with Crippen LogP contribution in [0.4, 0.5) is 18.9 Å². The maximum absolute atomic E-state index is 13.4. The number of nitrogens with zero attached hydrogens (tertiary/aromatic N) is 2. The molecule has 9 heteroatoms. The van der Waals surface area contributed by atoms with Crippen molar-refractivity contribution >= 4 is 50.9 Å². The van der Waals surface area contributed by atoms with Crippen molar-refractivity contribution in [1.82, 2.24) is 0 Å². The predicted molar refractivity (Wildman–Crippen MR) is 96.2 cm³/mol. The van der Waals surface area contributed by atoms with Crippen LogP contribution in [-0.2, 0) is 4.79 Å². The van der Waals surface area contributed by atoms with E-state index in [0.717, 1.165) is 6.08 Å². The fourth-order valence-electron chi connectivity index (χ4n) is 2.35. The van der Waals surface area contributed by atoms with E-state index in [9.17, 15) is 23.1 Å². The summed E-state index contributed by atoms with van der Waals surface area (Å²) in [5.41, 5.74) is -1.88. The second-order valence-corrected chi connectivity index (χ2v) is 6.57. The summed E-state index contributed by atoms with van der Waals surface area (Å²) in [5, 5.41) is 14.3. The number of amides is 1. The molecule has 2 aromatic rings. The van der Waals surface area contributed by atoms with Crippen LogP contribution in [0.2, 0.25) is 5.02 Å². The van der Waals surface area contributed by atoms with Crippen molar-refractivity contribution in [2.24, 2.45) is 5.10 Å². The molecule has 1 aliphatic heterocycles. The lowest BCUT2D eigenvalue weighted by molar-refractivity contribution is -0.114. The highest BCUT2D eigenvalue weighted by Crippen LogP contribution is 2.36. The highest BCUT2D eigenvalue weighted by atomic mass is 79.9. The molecule has 3 rings (SSSR count). The quantitative estimate of drug-likeness (QED) is 0.650. The van der Waals surface area contributed by atoms with Gasteiger partial charge in [0.15, 0.2) is 5.71 Å². The van der Waals surface area contributed by atoms with Crippen LogP contribution in [0, 0.1) is 0 Å². The highest BCUT2D eigenvalue weighted by Gasteiger charge is 2.46. The molecule has 1 heterocycles. The topological polar surface area (TPSA) is 52.9 Å². The molecule has 0 saturated heterocycles. The lowest BCUT2D eigenvalue weighted by atomic mass is 10.1. The Labute approximate surface area is 159 Å². The van der Waals surface area contributed by atoms with E-state index in [0.29, 0.717) is 5.01 Å². The van der Waals surface area contributed by atoms with Gasteiger partial charge in [0.05, 0.1) is 15.7 Å². The Morgan fingerprint density at radius 3 is 2.46 bits per heavy atom. The highest BCUT2D eigenvalue weighted by molar-refractivity contribution is 9.10. The van der Waals surface area contributed by atoms with E-state index in [2.05, 4.69) is 21.0 Å². The number of carbonyl (C=O) groups excluding carboxylic acids is 1. The van der Waals surface area contributed by atoms with E-state index in [1.54, 1.807) is 18.2 Å².